The zero-order valence-corrected chi connectivity index (χ0v) is 15.2. The Morgan fingerprint density at radius 2 is 2.32 bits per heavy atom. The molecule has 1 atom stereocenters. The molecule has 0 saturated carbocycles. The lowest BCUT2D eigenvalue weighted by Gasteiger charge is -2.35. The van der Waals surface area contributed by atoms with Crippen molar-refractivity contribution in [3.05, 3.63) is 46.7 Å². The van der Waals surface area contributed by atoms with Crippen LogP contribution in [0.3, 0.4) is 0 Å². The second-order valence-corrected chi connectivity index (χ2v) is 7.95. The molecule has 25 heavy (non-hydrogen) atoms. The van der Waals surface area contributed by atoms with Gasteiger partial charge in [0, 0.05) is 30.1 Å². The molecular weight excluding hydrogens is 341 g/mol. The molecule has 3 rings (SSSR count). The van der Waals surface area contributed by atoms with E-state index >= 15 is 0 Å². The maximum atomic E-state index is 13.2. The summed E-state index contributed by atoms with van der Waals surface area (Å²) in [6, 6.07) is 6.32. The van der Waals surface area contributed by atoms with E-state index in [1.54, 1.807) is 12.3 Å². The van der Waals surface area contributed by atoms with Gasteiger partial charge in [0.2, 0.25) is 0 Å². The normalized spacial score (nSPS) is 19.4. The first-order valence-corrected chi connectivity index (χ1v) is 9.12. The fourth-order valence-electron chi connectivity index (χ4n) is 2.97. The summed E-state index contributed by atoms with van der Waals surface area (Å²) in [6.07, 6.45) is 3.89. The molecule has 2 heterocycles. The third-order valence-corrected chi connectivity index (χ3v) is 4.99. The van der Waals surface area contributed by atoms with Gasteiger partial charge in [0.05, 0.1) is 5.60 Å². The van der Waals surface area contributed by atoms with Crippen molar-refractivity contribution < 1.29 is 13.9 Å². The number of aromatic nitrogens is 1. The number of rotatable bonds is 4. The van der Waals surface area contributed by atoms with Gasteiger partial charge in [0.1, 0.15) is 5.82 Å². The van der Waals surface area contributed by atoms with Crippen LogP contribution in [0.25, 0.3) is 0 Å². The molecule has 7 heteroatoms. The van der Waals surface area contributed by atoms with Crippen LogP contribution in [-0.4, -0.2) is 29.3 Å². The third-order valence-electron chi connectivity index (χ3n) is 4.07. The van der Waals surface area contributed by atoms with E-state index in [0.717, 1.165) is 23.3 Å². The van der Waals surface area contributed by atoms with Crippen LogP contribution in [0.1, 0.15) is 37.1 Å². The lowest BCUT2D eigenvalue weighted by Crippen LogP contribution is -2.47. The predicted molar refractivity (Wildman–Crippen MR) is 96.5 cm³/mol. The number of halogens is 1. The number of carbonyl (C=O) groups is 1. The molecule has 5 nitrogen and oxygen atoms in total. The highest BCUT2D eigenvalue weighted by Crippen LogP contribution is 2.24. The van der Waals surface area contributed by atoms with Crippen LogP contribution in [-0.2, 0) is 11.2 Å². The highest BCUT2D eigenvalue weighted by Gasteiger charge is 2.29. The average Bonchev–Trinajstić information content (AvgIpc) is 2.93. The van der Waals surface area contributed by atoms with E-state index < -0.39 is 0 Å². The van der Waals surface area contributed by atoms with Crippen molar-refractivity contribution in [2.75, 3.05) is 11.9 Å². The van der Waals surface area contributed by atoms with Gasteiger partial charge in [-0.25, -0.2) is 14.2 Å². The largest absolute Gasteiger partial charge is 0.375 e. The number of carbonyl (C=O) groups excluding carboxylic acids is 1. The van der Waals surface area contributed by atoms with E-state index in [9.17, 15) is 9.18 Å². The first-order valence-electron chi connectivity index (χ1n) is 8.30. The van der Waals surface area contributed by atoms with Gasteiger partial charge in [-0.05, 0) is 44.4 Å². The molecule has 1 fully saturated rings. The number of thiazole rings is 1. The number of hydrogen-bond acceptors (Lipinski definition) is 4. The summed E-state index contributed by atoms with van der Waals surface area (Å²) in [5.74, 6) is -0.251. The van der Waals surface area contributed by atoms with E-state index in [4.69, 9.17) is 4.74 Å². The lowest BCUT2D eigenvalue weighted by atomic mass is 9.94. The van der Waals surface area contributed by atoms with Gasteiger partial charge in [-0.15, -0.1) is 11.3 Å². The van der Waals surface area contributed by atoms with Crippen molar-refractivity contribution in [2.45, 2.75) is 44.8 Å². The van der Waals surface area contributed by atoms with Crippen LogP contribution in [0.15, 0.2) is 30.5 Å². The van der Waals surface area contributed by atoms with Crippen LogP contribution in [0, 0.1) is 5.82 Å². The monoisotopic (exact) mass is 363 g/mol. The lowest BCUT2D eigenvalue weighted by molar-refractivity contribution is -0.0609. The summed E-state index contributed by atoms with van der Waals surface area (Å²) in [5.41, 5.74) is 0.666. The molecule has 1 aromatic carbocycles. The summed E-state index contributed by atoms with van der Waals surface area (Å²) >= 11 is 1.39. The zero-order valence-electron chi connectivity index (χ0n) is 14.3. The highest BCUT2D eigenvalue weighted by atomic mass is 32.1. The SMILES string of the molecule is CC1(C)CC(NC(=O)Nc2ncc(Cc3cccc(F)c3)s2)CCO1. The Morgan fingerprint density at radius 1 is 1.48 bits per heavy atom. The standard InChI is InChI=1S/C18H22FN3O2S/c1-18(2)10-14(6-7-24-18)21-16(23)22-17-20-11-15(25-17)9-12-4-3-5-13(19)8-12/h3-5,8,11,14H,6-7,9-10H2,1-2H3,(H2,20,21,22,23). The van der Waals surface area contributed by atoms with Gasteiger partial charge in [-0.1, -0.05) is 12.1 Å². The molecular formula is C18H22FN3O2S. The molecule has 1 unspecified atom stereocenters. The van der Waals surface area contributed by atoms with Crippen LogP contribution in [0.2, 0.25) is 0 Å². The number of urea groups is 1. The Bertz CT molecular complexity index is 747. The van der Waals surface area contributed by atoms with Gasteiger partial charge in [-0.3, -0.25) is 5.32 Å². The number of benzene rings is 1. The van der Waals surface area contributed by atoms with Crippen molar-refractivity contribution in [3.8, 4) is 0 Å². The van der Waals surface area contributed by atoms with E-state index in [1.165, 1.54) is 23.5 Å². The minimum atomic E-state index is -0.255. The minimum absolute atomic E-state index is 0.0930. The number of nitrogens with one attached hydrogen (secondary N) is 2. The van der Waals surface area contributed by atoms with Gasteiger partial charge in [0.15, 0.2) is 5.13 Å². The fraction of sp³-hybridized carbons (Fsp3) is 0.444. The number of ether oxygens (including phenoxy) is 1. The third kappa shape index (κ3) is 5.24. The highest BCUT2D eigenvalue weighted by molar-refractivity contribution is 7.15. The summed E-state index contributed by atoms with van der Waals surface area (Å²) < 4.78 is 18.9. The van der Waals surface area contributed by atoms with Crippen LogP contribution in [0.4, 0.5) is 14.3 Å². The summed E-state index contributed by atoms with van der Waals surface area (Å²) in [4.78, 5) is 17.3. The van der Waals surface area contributed by atoms with Crippen molar-refractivity contribution in [2.24, 2.45) is 0 Å². The zero-order chi connectivity index (χ0) is 17.9. The fourth-order valence-corrected chi connectivity index (χ4v) is 3.81. The summed E-state index contributed by atoms with van der Waals surface area (Å²) in [7, 11) is 0. The molecule has 0 bridgehead atoms. The van der Waals surface area contributed by atoms with E-state index in [-0.39, 0.29) is 23.5 Å². The van der Waals surface area contributed by atoms with Gasteiger partial charge in [-0.2, -0.15) is 0 Å². The summed E-state index contributed by atoms with van der Waals surface area (Å²) in [6.45, 7) is 4.70. The maximum Gasteiger partial charge on any atom is 0.321 e. The molecule has 2 aromatic rings. The molecule has 2 amide bonds. The Kier molecular flexibility index (Phi) is 5.34. The van der Waals surface area contributed by atoms with Crippen LogP contribution < -0.4 is 10.6 Å². The van der Waals surface area contributed by atoms with Crippen molar-refractivity contribution >= 4 is 22.5 Å². The number of nitrogens with zero attached hydrogens (tertiary/aromatic N) is 1. The number of anilines is 1. The predicted octanol–water partition coefficient (Wildman–Crippen LogP) is 3.95. The van der Waals surface area contributed by atoms with Crippen molar-refractivity contribution in [3.63, 3.8) is 0 Å². The smallest absolute Gasteiger partial charge is 0.321 e. The second-order valence-electron chi connectivity index (χ2n) is 6.83. The van der Waals surface area contributed by atoms with Crippen molar-refractivity contribution in [1.29, 1.82) is 0 Å². The molecule has 0 radical (unpaired) electrons. The van der Waals surface area contributed by atoms with Gasteiger partial charge in [0.25, 0.3) is 0 Å². The molecule has 2 N–H and O–H groups in total. The molecule has 134 valence electrons. The number of hydrogen-bond donors (Lipinski definition) is 2. The Hall–Kier alpha value is -1.99. The Morgan fingerprint density at radius 3 is 3.08 bits per heavy atom. The molecule has 0 aliphatic carbocycles. The van der Waals surface area contributed by atoms with Gasteiger partial charge < -0.3 is 10.1 Å². The van der Waals surface area contributed by atoms with Gasteiger partial charge >= 0.3 is 6.03 Å². The van der Waals surface area contributed by atoms with Crippen molar-refractivity contribution in [1.82, 2.24) is 10.3 Å². The first-order chi connectivity index (χ1) is 11.9. The van der Waals surface area contributed by atoms with E-state index in [2.05, 4.69) is 15.6 Å². The minimum Gasteiger partial charge on any atom is -0.375 e. The topological polar surface area (TPSA) is 63.2 Å². The van der Waals surface area contributed by atoms with Crippen LogP contribution in [0.5, 0.6) is 0 Å². The summed E-state index contributed by atoms with van der Waals surface area (Å²) in [5, 5.41) is 6.29. The Balaban J connectivity index is 1.53. The van der Waals surface area contributed by atoms with E-state index in [1.807, 2.05) is 19.9 Å². The second kappa shape index (κ2) is 7.49. The molecule has 1 aromatic heterocycles. The number of amides is 2. The van der Waals surface area contributed by atoms with E-state index in [0.29, 0.717) is 18.2 Å². The molecule has 1 aliphatic heterocycles. The molecule has 1 saturated heterocycles. The average molecular weight is 363 g/mol. The molecule has 1 aliphatic rings. The molecule has 0 spiro atoms. The van der Waals surface area contributed by atoms with Crippen LogP contribution >= 0.6 is 11.3 Å². The Labute approximate surface area is 150 Å². The maximum absolute atomic E-state index is 13.2. The first kappa shape index (κ1) is 17.8. The quantitative estimate of drug-likeness (QED) is 0.864.